The lowest BCUT2D eigenvalue weighted by Crippen LogP contribution is -2.38. The van der Waals surface area contributed by atoms with Crippen molar-refractivity contribution in [3.05, 3.63) is 11.6 Å². The van der Waals surface area contributed by atoms with E-state index < -0.39 is 11.5 Å². The van der Waals surface area contributed by atoms with Gasteiger partial charge in [0, 0.05) is 20.6 Å². The molecule has 0 heterocycles. The molecule has 5 heteroatoms. The van der Waals surface area contributed by atoms with Crippen LogP contribution in [0.5, 0.6) is 0 Å². The third-order valence-corrected chi connectivity index (χ3v) is 8.85. The molecule has 5 unspecified atom stereocenters. The van der Waals surface area contributed by atoms with Gasteiger partial charge in [0.2, 0.25) is 0 Å². The molecule has 4 saturated carbocycles. The Morgan fingerprint density at radius 2 is 2.14 bits per heavy atom. The minimum atomic E-state index is -0.597. The molecule has 29 heavy (non-hydrogen) atoms. The third-order valence-electron chi connectivity index (χ3n) is 8.85. The Bertz CT molecular complexity index is 714. The van der Waals surface area contributed by atoms with Gasteiger partial charge in [0.15, 0.2) is 11.9 Å². The highest BCUT2D eigenvalue weighted by Gasteiger charge is 2.71. The zero-order valence-electron chi connectivity index (χ0n) is 18.3. The third kappa shape index (κ3) is 3.20. The highest BCUT2D eigenvalue weighted by Crippen LogP contribution is 2.66. The molecule has 5 nitrogen and oxygen atoms in total. The van der Waals surface area contributed by atoms with Gasteiger partial charge in [-0.05, 0) is 74.0 Å². The fourth-order valence-corrected chi connectivity index (χ4v) is 7.36. The number of ether oxygens (including phenoxy) is 2. The van der Waals surface area contributed by atoms with Crippen LogP contribution in [0.1, 0.15) is 65.7 Å². The topological polar surface area (TPSA) is 72.8 Å². The van der Waals surface area contributed by atoms with Crippen LogP contribution in [0.2, 0.25) is 0 Å². The first-order valence-electron chi connectivity index (χ1n) is 11.3. The Morgan fingerprint density at radius 1 is 1.38 bits per heavy atom. The van der Waals surface area contributed by atoms with Gasteiger partial charge < -0.3 is 14.6 Å². The summed E-state index contributed by atoms with van der Waals surface area (Å²) < 4.78 is 11.2. The number of methoxy groups -OCH3 is 1. The predicted molar refractivity (Wildman–Crippen MR) is 109 cm³/mol. The van der Waals surface area contributed by atoms with Crippen LogP contribution in [0.25, 0.3) is 0 Å². The molecule has 4 rings (SSSR count). The van der Waals surface area contributed by atoms with Gasteiger partial charge in [0.1, 0.15) is 0 Å². The van der Waals surface area contributed by atoms with Crippen LogP contribution < -0.4 is 0 Å². The molecular formula is C24H36O5. The minimum Gasteiger partial charge on any atom is -0.455 e. The van der Waals surface area contributed by atoms with Crippen molar-refractivity contribution >= 4 is 11.8 Å². The van der Waals surface area contributed by atoms with E-state index in [9.17, 15) is 14.7 Å². The van der Waals surface area contributed by atoms with Crippen LogP contribution >= 0.6 is 0 Å². The molecule has 4 aliphatic rings. The van der Waals surface area contributed by atoms with E-state index in [0.29, 0.717) is 24.2 Å². The monoisotopic (exact) mass is 404 g/mol. The van der Waals surface area contributed by atoms with E-state index in [1.165, 1.54) is 25.3 Å². The number of carbonyl (C=O) groups excluding carboxylic acids is 2. The predicted octanol–water partition coefficient (Wildman–Crippen LogP) is 3.68. The molecule has 0 amide bonds. The first kappa shape index (κ1) is 21.0. The Kier molecular flexibility index (Phi) is 5.44. The van der Waals surface area contributed by atoms with Gasteiger partial charge in [-0.1, -0.05) is 25.5 Å². The van der Waals surface area contributed by atoms with Crippen LogP contribution in [0.4, 0.5) is 0 Å². The second kappa shape index (κ2) is 7.49. The molecule has 162 valence electrons. The largest absolute Gasteiger partial charge is 0.455 e. The van der Waals surface area contributed by atoms with E-state index in [2.05, 4.69) is 19.9 Å². The van der Waals surface area contributed by atoms with Gasteiger partial charge in [-0.3, -0.25) is 9.59 Å². The number of esters is 1. The molecule has 0 aromatic heterocycles. The molecular weight excluding hydrogens is 368 g/mol. The lowest BCUT2D eigenvalue weighted by Gasteiger charge is -2.44. The fourth-order valence-electron chi connectivity index (χ4n) is 7.36. The number of Topliss-reactive ketones (excluding diaryl/α,β-unsaturated/α-hetero) is 1. The van der Waals surface area contributed by atoms with Crippen LogP contribution in [0.3, 0.4) is 0 Å². The molecule has 0 aromatic carbocycles. The van der Waals surface area contributed by atoms with Crippen molar-refractivity contribution in [3.63, 3.8) is 0 Å². The number of carbonyl (C=O) groups is 2. The lowest BCUT2D eigenvalue weighted by atomic mass is 9.61. The van der Waals surface area contributed by atoms with Crippen molar-refractivity contribution in [1.82, 2.24) is 0 Å². The molecule has 4 fully saturated rings. The maximum atomic E-state index is 13.1. The number of rotatable bonds is 6. The average molecular weight is 405 g/mol. The minimum absolute atomic E-state index is 0.0539. The van der Waals surface area contributed by atoms with Gasteiger partial charge in [-0.2, -0.15) is 0 Å². The van der Waals surface area contributed by atoms with Gasteiger partial charge in [0.05, 0.1) is 11.5 Å². The number of allylic oxidation sites excluding steroid dienone is 1. The fraction of sp³-hybridized carbons (Fsp3) is 0.833. The molecule has 0 aromatic rings. The molecule has 4 aliphatic carbocycles. The zero-order chi connectivity index (χ0) is 21.0. The summed E-state index contributed by atoms with van der Waals surface area (Å²) >= 11 is 0. The highest BCUT2D eigenvalue weighted by molar-refractivity contribution is 5.96. The number of aliphatic hydroxyl groups is 1. The van der Waals surface area contributed by atoms with Gasteiger partial charge in [0.25, 0.3) is 0 Å². The van der Waals surface area contributed by atoms with Crippen molar-refractivity contribution in [1.29, 1.82) is 0 Å². The molecule has 0 radical (unpaired) electrons. The first-order valence-corrected chi connectivity index (χ1v) is 11.3. The maximum Gasteiger partial charge on any atom is 0.303 e. The summed E-state index contributed by atoms with van der Waals surface area (Å²) in [7, 11) is 1.70. The number of aliphatic hydroxyl groups excluding tert-OH is 1. The van der Waals surface area contributed by atoms with E-state index >= 15 is 0 Å². The quantitative estimate of drug-likeness (QED) is 0.540. The smallest absolute Gasteiger partial charge is 0.303 e. The van der Waals surface area contributed by atoms with E-state index in [1.54, 1.807) is 7.11 Å². The number of hydrogen-bond acceptors (Lipinski definition) is 5. The number of hydrogen-bond donors (Lipinski definition) is 1. The van der Waals surface area contributed by atoms with Crippen LogP contribution in [-0.2, 0) is 19.1 Å². The summed E-state index contributed by atoms with van der Waals surface area (Å²) in [6.07, 6.45) is 8.69. The molecule has 1 N–H and O–H groups in total. The summed E-state index contributed by atoms with van der Waals surface area (Å²) in [4.78, 5) is 24.5. The first-order chi connectivity index (χ1) is 13.8. The van der Waals surface area contributed by atoms with Crippen molar-refractivity contribution < 1.29 is 24.2 Å². The Hall–Kier alpha value is -1.20. The average Bonchev–Trinajstić information content (AvgIpc) is 3.19. The van der Waals surface area contributed by atoms with E-state index in [0.717, 1.165) is 25.7 Å². The molecule has 8 atom stereocenters. The molecule has 0 spiro atoms. The second-order valence-corrected chi connectivity index (χ2v) is 10.3. The standard InChI is InChI=1S/C24H36O5/c1-14(13-25)18-7-8-19-16(6-5-9-23(18,19)3)10-21(28-4)24-12-17(24)11-20(22(24)27)29-15(2)26/h10,14,17-21,25H,5-9,11-13H2,1-4H3/b16-10+/t14-,17?,18?,19?,20+,21?,23-,24?/m1/s1. The Morgan fingerprint density at radius 3 is 2.79 bits per heavy atom. The summed E-state index contributed by atoms with van der Waals surface area (Å²) in [6, 6.07) is 0. The summed E-state index contributed by atoms with van der Waals surface area (Å²) in [5.41, 5.74) is 1.18. The van der Waals surface area contributed by atoms with Crippen LogP contribution in [-0.4, -0.2) is 42.8 Å². The maximum absolute atomic E-state index is 13.1. The summed E-state index contributed by atoms with van der Waals surface area (Å²) in [5, 5.41) is 9.74. The number of fused-ring (bicyclic) bond motifs is 2. The summed E-state index contributed by atoms with van der Waals surface area (Å²) in [6.45, 7) is 6.20. The summed E-state index contributed by atoms with van der Waals surface area (Å²) in [5.74, 6) is 1.33. The van der Waals surface area contributed by atoms with Gasteiger partial charge in [-0.15, -0.1) is 0 Å². The zero-order valence-corrected chi connectivity index (χ0v) is 18.3. The lowest BCUT2D eigenvalue weighted by molar-refractivity contribution is -0.154. The van der Waals surface area contributed by atoms with Crippen molar-refractivity contribution in [2.75, 3.05) is 13.7 Å². The second-order valence-electron chi connectivity index (χ2n) is 10.3. The van der Waals surface area contributed by atoms with Crippen molar-refractivity contribution in [3.8, 4) is 0 Å². The SMILES string of the molecule is COC(/C=C1\CCC[C@@]2(C)C1CCC2[C@H](C)CO)C12CC1C[C@H](OC(C)=O)C2=O. The van der Waals surface area contributed by atoms with Gasteiger partial charge >= 0.3 is 5.97 Å². The van der Waals surface area contributed by atoms with Crippen LogP contribution in [0, 0.1) is 34.5 Å². The van der Waals surface area contributed by atoms with Crippen molar-refractivity contribution in [2.24, 2.45) is 34.5 Å². The van der Waals surface area contributed by atoms with E-state index in [4.69, 9.17) is 9.47 Å². The highest BCUT2D eigenvalue weighted by atomic mass is 16.5. The van der Waals surface area contributed by atoms with E-state index in [-0.39, 0.29) is 35.8 Å². The van der Waals surface area contributed by atoms with Crippen LogP contribution in [0.15, 0.2) is 11.6 Å². The van der Waals surface area contributed by atoms with Crippen molar-refractivity contribution in [2.45, 2.75) is 77.9 Å². The molecule has 0 aliphatic heterocycles. The Balaban J connectivity index is 1.57. The van der Waals surface area contributed by atoms with E-state index in [1.807, 2.05) is 0 Å². The Labute approximate surface area is 174 Å². The van der Waals surface area contributed by atoms with Gasteiger partial charge in [-0.25, -0.2) is 0 Å². The molecule has 0 saturated heterocycles. The number of ketones is 1. The molecule has 0 bridgehead atoms. The normalized spacial score (nSPS) is 44.3.